The lowest BCUT2D eigenvalue weighted by Gasteiger charge is -2.14. The van der Waals surface area contributed by atoms with Crippen LogP contribution in [0.5, 0.6) is 0 Å². The number of rotatable bonds is 6. The lowest BCUT2D eigenvalue weighted by Crippen LogP contribution is -2.26. The highest BCUT2D eigenvalue weighted by molar-refractivity contribution is 7.18. The molecule has 3 N–H and O–H groups in total. The van der Waals surface area contributed by atoms with Crippen molar-refractivity contribution >= 4 is 34.1 Å². The Morgan fingerprint density at radius 1 is 1.04 bits per heavy atom. The van der Waals surface area contributed by atoms with Gasteiger partial charge in [0.05, 0.1) is 11.3 Å². The van der Waals surface area contributed by atoms with Gasteiger partial charge < -0.3 is 20.2 Å². The monoisotopic (exact) mass is 370 g/mol. The van der Waals surface area contributed by atoms with E-state index in [0.717, 1.165) is 11.3 Å². The van der Waals surface area contributed by atoms with Crippen LogP contribution in [0.15, 0.2) is 65.3 Å². The Morgan fingerprint density at radius 2 is 1.81 bits per heavy atom. The molecule has 2 heterocycles. The van der Waals surface area contributed by atoms with Crippen molar-refractivity contribution in [3.63, 3.8) is 0 Å². The number of anilines is 1. The van der Waals surface area contributed by atoms with E-state index in [9.17, 15) is 14.4 Å². The highest BCUT2D eigenvalue weighted by Crippen LogP contribution is 2.26. The highest BCUT2D eigenvalue weighted by Gasteiger charge is 2.24. The molecule has 0 bridgehead atoms. The number of amides is 2. The van der Waals surface area contributed by atoms with E-state index >= 15 is 0 Å². The van der Waals surface area contributed by atoms with E-state index < -0.39 is 23.9 Å². The second-order valence-electron chi connectivity index (χ2n) is 5.19. The van der Waals surface area contributed by atoms with Crippen molar-refractivity contribution in [1.82, 2.24) is 0 Å². The zero-order chi connectivity index (χ0) is 18.5. The summed E-state index contributed by atoms with van der Waals surface area (Å²) in [6.45, 7) is 0. The van der Waals surface area contributed by atoms with Crippen LogP contribution in [0, 0.1) is 0 Å². The Hall–Kier alpha value is -3.39. The molecule has 1 aromatic carbocycles. The molecule has 3 rings (SSSR count). The van der Waals surface area contributed by atoms with Crippen LogP contribution in [-0.4, -0.2) is 17.8 Å². The summed E-state index contributed by atoms with van der Waals surface area (Å²) < 4.78 is 10.2. The Morgan fingerprint density at radius 3 is 2.46 bits per heavy atom. The van der Waals surface area contributed by atoms with Crippen molar-refractivity contribution in [1.29, 1.82) is 0 Å². The molecule has 0 unspecified atom stereocenters. The molecule has 0 saturated heterocycles. The normalized spacial score (nSPS) is 11.5. The van der Waals surface area contributed by atoms with Crippen molar-refractivity contribution in [2.75, 3.05) is 5.32 Å². The summed E-state index contributed by atoms with van der Waals surface area (Å²) in [5.74, 6) is -1.76. The molecule has 3 aromatic rings. The maximum absolute atomic E-state index is 12.3. The zero-order valence-corrected chi connectivity index (χ0v) is 14.2. The van der Waals surface area contributed by atoms with E-state index in [-0.39, 0.29) is 10.6 Å². The first-order valence-electron chi connectivity index (χ1n) is 7.54. The van der Waals surface area contributed by atoms with Crippen LogP contribution in [0.2, 0.25) is 0 Å². The molecule has 7 nitrogen and oxygen atoms in total. The van der Waals surface area contributed by atoms with E-state index in [1.165, 1.54) is 18.4 Å². The summed E-state index contributed by atoms with van der Waals surface area (Å²) in [6.07, 6.45) is 0.201. The van der Waals surface area contributed by atoms with E-state index in [4.69, 9.17) is 14.9 Å². The summed E-state index contributed by atoms with van der Waals surface area (Å²) >= 11 is 1.02. The molecule has 8 heteroatoms. The van der Waals surface area contributed by atoms with Crippen LogP contribution in [0.25, 0.3) is 0 Å². The molecule has 0 aliphatic rings. The number of nitrogens with one attached hydrogen (secondary N) is 1. The van der Waals surface area contributed by atoms with Crippen LogP contribution >= 0.6 is 11.3 Å². The predicted octanol–water partition coefficient (Wildman–Crippen LogP) is 2.98. The first kappa shape index (κ1) is 17.4. The van der Waals surface area contributed by atoms with E-state index in [2.05, 4.69) is 5.32 Å². The number of thiophene rings is 1. The van der Waals surface area contributed by atoms with Crippen molar-refractivity contribution in [3.8, 4) is 0 Å². The van der Waals surface area contributed by atoms with Crippen LogP contribution in [0.1, 0.15) is 31.9 Å². The molecule has 1 atom stereocenters. The number of nitrogens with two attached hydrogens (primary N) is 1. The third-order valence-electron chi connectivity index (χ3n) is 3.37. The fourth-order valence-corrected chi connectivity index (χ4v) is 2.96. The average molecular weight is 370 g/mol. The Labute approximate surface area is 152 Å². The molecule has 132 valence electrons. The van der Waals surface area contributed by atoms with Gasteiger partial charge in [0.15, 0.2) is 5.76 Å². The molecule has 0 aliphatic carbocycles. The Balaban J connectivity index is 1.69. The molecule has 2 aromatic heterocycles. The topological polar surface area (TPSA) is 112 Å². The first-order chi connectivity index (χ1) is 12.5. The number of hydrogen-bond acceptors (Lipinski definition) is 6. The third-order valence-corrected chi connectivity index (χ3v) is 4.36. The number of ether oxygens (including phenoxy) is 1. The van der Waals surface area contributed by atoms with Crippen molar-refractivity contribution in [3.05, 3.63) is 77.1 Å². The van der Waals surface area contributed by atoms with Crippen LogP contribution < -0.4 is 11.1 Å². The largest absolute Gasteiger partial charge is 0.459 e. The first-order valence-corrected chi connectivity index (χ1v) is 8.36. The van der Waals surface area contributed by atoms with E-state index in [0.29, 0.717) is 10.6 Å². The number of hydrogen-bond donors (Lipinski definition) is 2. The average Bonchev–Trinajstić information content (AvgIpc) is 3.32. The molecule has 26 heavy (non-hydrogen) atoms. The van der Waals surface area contributed by atoms with Gasteiger partial charge in [0.25, 0.3) is 11.8 Å². The molecule has 0 aliphatic heterocycles. The zero-order valence-electron chi connectivity index (χ0n) is 13.4. The minimum Gasteiger partial charge on any atom is -0.459 e. The van der Waals surface area contributed by atoms with E-state index in [1.807, 2.05) is 0 Å². The second-order valence-corrected chi connectivity index (χ2v) is 6.28. The van der Waals surface area contributed by atoms with Gasteiger partial charge in [-0.05, 0) is 24.3 Å². The van der Waals surface area contributed by atoms with Crippen LogP contribution in [-0.2, 0) is 9.53 Å². The van der Waals surface area contributed by atoms with Gasteiger partial charge in [0.1, 0.15) is 4.88 Å². The Kier molecular flexibility index (Phi) is 5.14. The lowest BCUT2D eigenvalue weighted by molar-refractivity contribution is -0.127. The minimum absolute atomic E-state index is 0.153. The van der Waals surface area contributed by atoms with Gasteiger partial charge in [-0.1, -0.05) is 30.3 Å². The van der Waals surface area contributed by atoms with Crippen LogP contribution in [0.3, 0.4) is 0 Å². The molecular formula is C18H14N2O5S. The smallest absolute Gasteiger partial charge is 0.349 e. The fraction of sp³-hybridized carbons (Fsp3) is 0.0556. The molecule has 0 fully saturated rings. The maximum Gasteiger partial charge on any atom is 0.349 e. The predicted molar refractivity (Wildman–Crippen MR) is 94.8 cm³/mol. The number of esters is 1. The quantitative estimate of drug-likeness (QED) is 0.648. The number of carbonyl (C=O) groups is 3. The minimum atomic E-state index is -1.19. The number of primary amides is 1. The van der Waals surface area contributed by atoms with Gasteiger partial charge in [-0.3, -0.25) is 9.59 Å². The standard InChI is InChI=1S/C18H14N2O5S/c19-16(21)15(11-5-2-1-3-6-11)25-18(23)13-8-9-14(26-13)20-17(22)12-7-4-10-24-12/h1-10,15H,(H2,19,21)(H,20,22)/t15-/m1/s1. The highest BCUT2D eigenvalue weighted by atomic mass is 32.1. The molecule has 2 amide bonds. The molecular weight excluding hydrogens is 356 g/mol. The summed E-state index contributed by atoms with van der Waals surface area (Å²) in [4.78, 5) is 36.1. The van der Waals surface area contributed by atoms with Crippen molar-refractivity contribution < 1.29 is 23.5 Å². The van der Waals surface area contributed by atoms with Gasteiger partial charge in [0, 0.05) is 5.56 Å². The fourth-order valence-electron chi connectivity index (χ4n) is 2.18. The van der Waals surface area contributed by atoms with Gasteiger partial charge in [-0.15, -0.1) is 11.3 Å². The van der Waals surface area contributed by atoms with Gasteiger partial charge in [-0.2, -0.15) is 0 Å². The van der Waals surface area contributed by atoms with Gasteiger partial charge in [-0.25, -0.2) is 4.79 Å². The Bertz CT molecular complexity index is 918. The van der Waals surface area contributed by atoms with Crippen molar-refractivity contribution in [2.24, 2.45) is 5.73 Å². The van der Waals surface area contributed by atoms with Gasteiger partial charge >= 0.3 is 5.97 Å². The SMILES string of the molecule is NC(=O)[C@H](OC(=O)c1ccc(NC(=O)c2ccco2)s1)c1ccccc1. The number of carbonyl (C=O) groups excluding carboxylic acids is 3. The summed E-state index contributed by atoms with van der Waals surface area (Å²) in [7, 11) is 0. The third kappa shape index (κ3) is 3.98. The second kappa shape index (κ2) is 7.66. The summed E-state index contributed by atoms with van der Waals surface area (Å²) in [5, 5.41) is 3.05. The number of furan rings is 1. The van der Waals surface area contributed by atoms with Crippen LogP contribution in [0.4, 0.5) is 5.00 Å². The molecule has 0 saturated carbocycles. The van der Waals surface area contributed by atoms with Crippen molar-refractivity contribution in [2.45, 2.75) is 6.10 Å². The molecule has 0 radical (unpaired) electrons. The number of benzene rings is 1. The summed E-state index contributed by atoms with van der Waals surface area (Å²) in [5.41, 5.74) is 5.82. The molecule has 0 spiro atoms. The lowest BCUT2D eigenvalue weighted by atomic mass is 10.1. The maximum atomic E-state index is 12.3. The summed E-state index contributed by atoms with van der Waals surface area (Å²) in [6, 6.07) is 14.7. The van der Waals surface area contributed by atoms with Gasteiger partial charge in [0.2, 0.25) is 6.10 Å². The van der Waals surface area contributed by atoms with E-state index in [1.54, 1.807) is 42.5 Å².